The second-order valence-electron chi connectivity index (χ2n) is 6.04. The fourth-order valence-electron chi connectivity index (χ4n) is 2.74. The molecular weight excluding hydrogens is 363 g/mol. The molecule has 0 radical (unpaired) electrons. The molecule has 25 heavy (non-hydrogen) atoms. The fourth-order valence-corrected chi connectivity index (χ4v) is 3.20. The average Bonchev–Trinajstić information content (AvgIpc) is 2.54. The zero-order chi connectivity index (χ0) is 18.0. The van der Waals surface area contributed by atoms with Crippen LogP contribution in [0.5, 0.6) is 0 Å². The molecule has 132 valence electrons. The Kier molecular flexibility index (Phi) is 5.27. The topological polar surface area (TPSA) is 89.3 Å². The molecule has 1 aromatic carbocycles. The Labute approximate surface area is 155 Å². The summed E-state index contributed by atoms with van der Waals surface area (Å²) in [6.07, 6.45) is 0.997. The quantitative estimate of drug-likeness (QED) is 0.761. The lowest BCUT2D eigenvalue weighted by atomic mass is 9.94. The first-order chi connectivity index (χ1) is 11.9. The van der Waals surface area contributed by atoms with Gasteiger partial charge in [0, 0.05) is 25.0 Å². The summed E-state index contributed by atoms with van der Waals surface area (Å²) in [5.41, 5.74) is 6.94. The summed E-state index contributed by atoms with van der Waals surface area (Å²) in [6.45, 7) is 3.19. The molecule has 1 aromatic heterocycles. The third-order valence-electron chi connectivity index (χ3n) is 3.97. The summed E-state index contributed by atoms with van der Waals surface area (Å²) in [5, 5.41) is 6.60. The predicted molar refractivity (Wildman–Crippen MR) is 97.9 cm³/mol. The van der Waals surface area contributed by atoms with Crippen LogP contribution in [0.3, 0.4) is 0 Å². The molecule has 2 heterocycles. The van der Waals surface area contributed by atoms with Crippen LogP contribution in [0.1, 0.15) is 23.0 Å². The lowest BCUT2D eigenvalue weighted by Crippen LogP contribution is -2.53. The number of amides is 1. The summed E-state index contributed by atoms with van der Waals surface area (Å²) in [4.78, 5) is 16.4. The van der Waals surface area contributed by atoms with Gasteiger partial charge in [0.2, 0.25) is 0 Å². The average molecular weight is 381 g/mol. The Balaban J connectivity index is 1.81. The monoisotopic (exact) mass is 380 g/mol. The van der Waals surface area contributed by atoms with E-state index in [1.54, 1.807) is 6.07 Å². The highest BCUT2D eigenvalue weighted by atomic mass is 35.5. The van der Waals surface area contributed by atoms with E-state index >= 15 is 0 Å². The van der Waals surface area contributed by atoms with Crippen molar-refractivity contribution < 1.29 is 9.53 Å². The molecule has 4 N–H and O–H groups in total. The van der Waals surface area contributed by atoms with Crippen molar-refractivity contribution in [3.63, 3.8) is 0 Å². The van der Waals surface area contributed by atoms with Crippen LogP contribution >= 0.6 is 23.2 Å². The largest absolute Gasteiger partial charge is 0.350 e. The summed E-state index contributed by atoms with van der Waals surface area (Å²) in [7, 11) is 0. The number of nitrogens with two attached hydrogens (primary N) is 1. The van der Waals surface area contributed by atoms with Gasteiger partial charge in [-0.05, 0) is 30.7 Å². The summed E-state index contributed by atoms with van der Waals surface area (Å²) >= 11 is 11.8. The number of rotatable bonds is 3. The summed E-state index contributed by atoms with van der Waals surface area (Å²) in [6, 6.07) is 8.89. The van der Waals surface area contributed by atoms with Crippen LogP contribution in [0, 0.1) is 0 Å². The SMILES string of the molecule is CC1(c2cccc(NC(=O)c3ncc(Cl)cc3Cl)c2)CNCC(N)O1. The van der Waals surface area contributed by atoms with Crippen molar-refractivity contribution in [3.8, 4) is 0 Å². The van der Waals surface area contributed by atoms with Gasteiger partial charge in [-0.2, -0.15) is 0 Å². The molecule has 1 aliphatic rings. The molecule has 1 fully saturated rings. The van der Waals surface area contributed by atoms with Crippen LogP contribution in [0.15, 0.2) is 36.5 Å². The molecule has 6 nitrogen and oxygen atoms in total. The van der Waals surface area contributed by atoms with Crippen molar-refractivity contribution in [2.75, 3.05) is 18.4 Å². The van der Waals surface area contributed by atoms with Crippen molar-refractivity contribution >= 4 is 34.8 Å². The molecule has 2 unspecified atom stereocenters. The van der Waals surface area contributed by atoms with E-state index in [0.29, 0.717) is 23.8 Å². The Hall–Kier alpha value is -1.70. The standard InChI is InChI=1S/C17H18Cl2N4O2/c1-17(9-21-8-14(20)25-17)10-3-2-4-12(5-10)23-16(24)15-13(19)6-11(18)7-22-15/h2-7,14,21H,8-9,20H2,1H3,(H,23,24). The summed E-state index contributed by atoms with van der Waals surface area (Å²) < 4.78 is 5.89. The number of nitrogens with one attached hydrogen (secondary N) is 2. The Bertz CT molecular complexity index is 802. The zero-order valence-corrected chi connectivity index (χ0v) is 15.1. The van der Waals surface area contributed by atoms with Crippen LogP contribution in [0.2, 0.25) is 10.0 Å². The van der Waals surface area contributed by atoms with Gasteiger partial charge in [-0.1, -0.05) is 35.3 Å². The Morgan fingerprint density at radius 1 is 1.44 bits per heavy atom. The molecule has 1 aliphatic heterocycles. The smallest absolute Gasteiger partial charge is 0.275 e. The maximum Gasteiger partial charge on any atom is 0.275 e. The number of carbonyl (C=O) groups is 1. The molecule has 0 bridgehead atoms. The van der Waals surface area contributed by atoms with Gasteiger partial charge in [0.1, 0.15) is 17.5 Å². The number of morpholine rings is 1. The predicted octanol–water partition coefficient (Wildman–Crippen LogP) is 2.76. The van der Waals surface area contributed by atoms with Crippen molar-refractivity contribution in [1.29, 1.82) is 0 Å². The minimum atomic E-state index is -0.575. The van der Waals surface area contributed by atoms with Gasteiger partial charge in [-0.25, -0.2) is 4.98 Å². The maximum atomic E-state index is 12.4. The van der Waals surface area contributed by atoms with Gasteiger partial charge in [-0.3, -0.25) is 4.79 Å². The molecule has 0 spiro atoms. The van der Waals surface area contributed by atoms with E-state index in [9.17, 15) is 4.79 Å². The summed E-state index contributed by atoms with van der Waals surface area (Å²) in [5.74, 6) is -0.414. The van der Waals surface area contributed by atoms with E-state index in [2.05, 4.69) is 15.6 Å². The van der Waals surface area contributed by atoms with Gasteiger partial charge in [0.05, 0.1) is 10.0 Å². The van der Waals surface area contributed by atoms with Gasteiger partial charge >= 0.3 is 0 Å². The Morgan fingerprint density at radius 2 is 2.24 bits per heavy atom. The van der Waals surface area contributed by atoms with Crippen LogP contribution < -0.4 is 16.4 Å². The third-order valence-corrected chi connectivity index (χ3v) is 4.47. The number of pyridine rings is 1. The number of carbonyl (C=O) groups excluding carboxylic acids is 1. The third kappa shape index (κ3) is 4.11. The number of halogens is 2. The van der Waals surface area contributed by atoms with Gasteiger partial charge < -0.3 is 21.1 Å². The minimum absolute atomic E-state index is 0.111. The molecule has 2 atom stereocenters. The molecule has 0 saturated carbocycles. The van der Waals surface area contributed by atoms with E-state index in [0.717, 1.165) is 5.56 Å². The van der Waals surface area contributed by atoms with Crippen molar-refractivity contribution in [3.05, 3.63) is 57.8 Å². The van der Waals surface area contributed by atoms with Crippen LogP contribution in [-0.4, -0.2) is 30.2 Å². The first-order valence-corrected chi connectivity index (χ1v) is 8.50. The Morgan fingerprint density at radius 3 is 2.96 bits per heavy atom. The minimum Gasteiger partial charge on any atom is -0.350 e. The van der Waals surface area contributed by atoms with E-state index < -0.39 is 11.5 Å². The number of nitrogens with zero attached hydrogens (tertiary/aromatic N) is 1. The van der Waals surface area contributed by atoms with Crippen LogP contribution in [0.4, 0.5) is 5.69 Å². The number of hydrogen-bond acceptors (Lipinski definition) is 5. The normalized spacial score (nSPS) is 23.3. The molecule has 0 aliphatic carbocycles. The van der Waals surface area contributed by atoms with Crippen LogP contribution in [-0.2, 0) is 10.3 Å². The number of ether oxygens (including phenoxy) is 1. The number of hydrogen-bond donors (Lipinski definition) is 3. The van der Waals surface area contributed by atoms with Crippen molar-refractivity contribution in [2.24, 2.45) is 5.73 Å². The van der Waals surface area contributed by atoms with E-state index in [-0.39, 0.29) is 16.9 Å². The molecule has 1 amide bonds. The highest BCUT2D eigenvalue weighted by molar-refractivity contribution is 6.36. The zero-order valence-electron chi connectivity index (χ0n) is 13.6. The van der Waals surface area contributed by atoms with Gasteiger partial charge in [-0.15, -0.1) is 0 Å². The second kappa shape index (κ2) is 7.27. The lowest BCUT2D eigenvalue weighted by molar-refractivity contribution is -0.107. The van der Waals surface area contributed by atoms with Gasteiger partial charge in [0.15, 0.2) is 0 Å². The molecular formula is C17H18Cl2N4O2. The highest BCUT2D eigenvalue weighted by Gasteiger charge is 2.33. The number of benzene rings is 1. The molecule has 3 rings (SSSR count). The van der Waals surface area contributed by atoms with E-state index in [4.69, 9.17) is 33.7 Å². The number of aromatic nitrogens is 1. The highest BCUT2D eigenvalue weighted by Crippen LogP contribution is 2.29. The van der Waals surface area contributed by atoms with Gasteiger partial charge in [0.25, 0.3) is 5.91 Å². The van der Waals surface area contributed by atoms with Crippen LogP contribution in [0.25, 0.3) is 0 Å². The maximum absolute atomic E-state index is 12.4. The molecule has 2 aromatic rings. The fraction of sp³-hybridized carbons (Fsp3) is 0.294. The van der Waals surface area contributed by atoms with E-state index in [1.807, 2.05) is 25.1 Å². The molecule has 1 saturated heterocycles. The first kappa shape index (κ1) is 18.1. The van der Waals surface area contributed by atoms with Crippen molar-refractivity contribution in [1.82, 2.24) is 10.3 Å². The lowest BCUT2D eigenvalue weighted by Gasteiger charge is -2.38. The first-order valence-electron chi connectivity index (χ1n) is 7.74. The molecule has 8 heteroatoms. The number of anilines is 1. The van der Waals surface area contributed by atoms with E-state index in [1.165, 1.54) is 12.3 Å². The second-order valence-corrected chi connectivity index (χ2v) is 6.88. The van der Waals surface area contributed by atoms with Crippen molar-refractivity contribution in [2.45, 2.75) is 18.8 Å².